The fraction of sp³-hybridized carbons (Fsp3) is 0.167. The first kappa shape index (κ1) is 15.5. The molecular weight excluding hydrogens is 326 g/mol. The number of anilines is 1. The Kier molecular flexibility index (Phi) is 4.92. The van der Waals surface area contributed by atoms with Crippen molar-refractivity contribution in [3.8, 4) is 5.75 Å². The number of hydrogen-bond donors (Lipinski definition) is 1. The van der Waals surface area contributed by atoms with Crippen molar-refractivity contribution in [2.45, 2.75) is 13.2 Å². The highest BCUT2D eigenvalue weighted by molar-refractivity contribution is 7.13. The zero-order valence-corrected chi connectivity index (χ0v) is 12.0. The zero-order valence-electron chi connectivity index (χ0n) is 10.4. The Morgan fingerprint density at radius 2 is 2.19 bits per heavy atom. The molecule has 0 fully saturated rings. The van der Waals surface area contributed by atoms with E-state index in [9.17, 15) is 18.9 Å². The van der Waals surface area contributed by atoms with Crippen LogP contribution in [-0.2, 0) is 6.54 Å². The molecule has 2 rings (SSSR count). The molecule has 2 aromatic rings. The molecule has 1 heterocycles. The van der Waals surface area contributed by atoms with E-state index in [1.165, 1.54) is 24.3 Å². The van der Waals surface area contributed by atoms with Crippen LogP contribution in [0.5, 0.6) is 5.75 Å². The summed E-state index contributed by atoms with van der Waals surface area (Å²) in [7, 11) is 0. The minimum absolute atomic E-state index is 0.0524. The Morgan fingerprint density at radius 3 is 2.76 bits per heavy atom. The molecule has 5 nitrogen and oxygen atoms in total. The van der Waals surface area contributed by atoms with Crippen molar-refractivity contribution in [2.24, 2.45) is 0 Å². The highest BCUT2D eigenvalue weighted by Crippen LogP contribution is 2.29. The molecule has 1 aromatic heterocycles. The molecule has 1 N–H and O–H groups in total. The van der Waals surface area contributed by atoms with E-state index in [2.05, 4.69) is 10.1 Å². The number of nitro groups is 1. The van der Waals surface area contributed by atoms with Crippen LogP contribution >= 0.6 is 22.9 Å². The molecule has 0 aliphatic rings. The molecule has 0 spiro atoms. The van der Waals surface area contributed by atoms with E-state index in [0.29, 0.717) is 12.2 Å². The summed E-state index contributed by atoms with van der Waals surface area (Å²) in [4.78, 5) is 10.1. The molecule has 0 aliphatic carbocycles. The molecule has 9 heteroatoms. The summed E-state index contributed by atoms with van der Waals surface area (Å²) in [6.07, 6.45) is 0. The van der Waals surface area contributed by atoms with Crippen LogP contribution in [-0.4, -0.2) is 11.5 Å². The van der Waals surface area contributed by atoms with Crippen LogP contribution in [0.1, 0.15) is 5.56 Å². The van der Waals surface area contributed by atoms with E-state index in [1.807, 2.05) is 0 Å². The van der Waals surface area contributed by atoms with E-state index >= 15 is 0 Å². The standard InChI is InChI=1S/C12H9ClF2N2O3S/c13-9-4-8(1-2-10(9)20-12(14)15)16-5-7-3-11(17(18)19)21-6-7/h1-4,6,12,16H,5H2. The summed E-state index contributed by atoms with van der Waals surface area (Å²) in [6.45, 7) is -2.58. The third-order valence-electron chi connectivity index (χ3n) is 2.46. The number of alkyl halides is 2. The maximum Gasteiger partial charge on any atom is 0.387 e. The van der Waals surface area contributed by atoms with E-state index in [4.69, 9.17) is 11.6 Å². The highest BCUT2D eigenvalue weighted by Gasteiger charge is 2.11. The molecule has 0 bridgehead atoms. The SMILES string of the molecule is O=[N+]([O-])c1cc(CNc2ccc(OC(F)F)c(Cl)c2)cs1. The van der Waals surface area contributed by atoms with Gasteiger partial charge in [-0.3, -0.25) is 10.1 Å². The van der Waals surface area contributed by atoms with E-state index in [0.717, 1.165) is 16.9 Å². The number of nitrogens with zero attached hydrogens (tertiary/aromatic N) is 1. The van der Waals surface area contributed by atoms with Crippen molar-refractivity contribution >= 4 is 33.6 Å². The zero-order chi connectivity index (χ0) is 15.4. The van der Waals surface area contributed by atoms with Crippen molar-refractivity contribution in [3.63, 3.8) is 0 Å². The predicted molar refractivity (Wildman–Crippen MR) is 76.4 cm³/mol. The highest BCUT2D eigenvalue weighted by atomic mass is 35.5. The van der Waals surface area contributed by atoms with E-state index < -0.39 is 11.5 Å². The smallest absolute Gasteiger partial charge is 0.387 e. The minimum atomic E-state index is -2.94. The Morgan fingerprint density at radius 1 is 1.43 bits per heavy atom. The number of nitrogens with one attached hydrogen (secondary N) is 1. The lowest BCUT2D eigenvalue weighted by Gasteiger charge is -2.09. The maximum atomic E-state index is 12.1. The number of halogens is 3. The van der Waals surface area contributed by atoms with Crippen LogP contribution in [0.2, 0.25) is 5.02 Å². The van der Waals surface area contributed by atoms with Gasteiger partial charge in [0, 0.05) is 23.7 Å². The lowest BCUT2D eigenvalue weighted by molar-refractivity contribution is -0.380. The van der Waals surface area contributed by atoms with Crippen LogP contribution in [0.4, 0.5) is 19.5 Å². The summed E-state index contributed by atoms with van der Waals surface area (Å²) in [5.41, 5.74) is 1.34. The molecule has 0 amide bonds. The third-order valence-corrected chi connectivity index (χ3v) is 3.69. The van der Waals surface area contributed by atoms with Crippen LogP contribution in [0.25, 0.3) is 0 Å². The van der Waals surface area contributed by atoms with Gasteiger partial charge in [-0.1, -0.05) is 22.9 Å². The van der Waals surface area contributed by atoms with Crippen LogP contribution < -0.4 is 10.1 Å². The van der Waals surface area contributed by atoms with Gasteiger partial charge >= 0.3 is 11.6 Å². The van der Waals surface area contributed by atoms with Gasteiger partial charge in [-0.25, -0.2) is 0 Å². The van der Waals surface area contributed by atoms with Crippen LogP contribution in [0.15, 0.2) is 29.6 Å². The first-order chi connectivity index (χ1) is 9.95. The first-order valence-electron chi connectivity index (χ1n) is 5.65. The van der Waals surface area contributed by atoms with Gasteiger partial charge in [0.15, 0.2) is 0 Å². The van der Waals surface area contributed by atoms with Crippen molar-refractivity contribution in [1.29, 1.82) is 0 Å². The van der Waals surface area contributed by atoms with Gasteiger partial charge < -0.3 is 10.1 Å². The van der Waals surface area contributed by atoms with Gasteiger partial charge in [-0.05, 0) is 23.8 Å². The Bertz CT molecular complexity index is 651. The maximum absolute atomic E-state index is 12.1. The Labute approximate surface area is 127 Å². The summed E-state index contributed by atoms with van der Waals surface area (Å²) < 4.78 is 28.4. The molecule has 0 atom stereocenters. The predicted octanol–water partition coefficient (Wildman–Crippen LogP) is 4.52. The lowest BCUT2D eigenvalue weighted by atomic mass is 10.2. The average molecular weight is 335 g/mol. The molecule has 0 aliphatic heterocycles. The van der Waals surface area contributed by atoms with E-state index in [1.54, 1.807) is 5.38 Å². The number of hydrogen-bond acceptors (Lipinski definition) is 5. The topological polar surface area (TPSA) is 64.4 Å². The number of thiophene rings is 1. The Hall–Kier alpha value is -1.93. The van der Waals surface area contributed by atoms with Gasteiger partial charge in [0.2, 0.25) is 0 Å². The summed E-state index contributed by atoms with van der Waals surface area (Å²) >= 11 is 6.85. The van der Waals surface area contributed by atoms with Gasteiger partial charge in [-0.15, -0.1) is 0 Å². The molecule has 112 valence electrons. The molecule has 1 aromatic carbocycles. The number of rotatable bonds is 6. The van der Waals surface area contributed by atoms with Crippen LogP contribution in [0, 0.1) is 10.1 Å². The van der Waals surface area contributed by atoms with Gasteiger partial charge in [0.05, 0.1) is 9.95 Å². The van der Waals surface area contributed by atoms with Gasteiger partial charge in [0.25, 0.3) is 0 Å². The van der Waals surface area contributed by atoms with Gasteiger partial charge in [0.1, 0.15) is 5.75 Å². The summed E-state index contributed by atoms with van der Waals surface area (Å²) in [5, 5.41) is 15.3. The fourth-order valence-corrected chi connectivity index (χ4v) is 2.51. The first-order valence-corrected chi connectivity index (χ1v) is 6.91. The number of ether oxygens (including phenoxy) is 1. The quantitative estimate of drug-likeness (QED) is 0.623. The van der Waals surface area contributed by atoms with Crippen molar-refractivity contribution in [3.05, 3.63) is 50.3 Å². The molecule has 21 heavy (non-hydrogen) atoms. The molecular formula is C12H9ClF2N2O3S. The van der Waals surface area contributed by atoms with Crippen molar-refractivity contribution in [1.82, 2.24) is 0 Å². The summed E-state index contributed by atoms with van der Waals surface area (Å²) in [6, 6.07) is 5.77. The molecule has 0 unspecified atom stereocenters. The average Bonchev–Trinajstić information content (AvgIpc) is 2.88. The summed E-state index contributed by atoms with van der Waals surface area (Å²) in [5.74, 6) is -0.108. The largest absolute Gasteiger partial charge is 0.433 e. The molecule has 0 radical (unpaired) electrons. The third kappa shape index (κ3) is 4.27. The van der Waals surface area contributed by atoms with E-state index in [-0.39, 0.29) is 15.8 Å². The fourth-order valence-electron chi connectivity index (χ4n) is 1.56. The second kappa shape index (κ2) is 6.68. The van der Waals surface area contributed by atoms with Crippen LogP contribution in [0.3, 0.4) is 0 Å². The molecule has 0 saturated carbocycles. The Balaban J connectivity index is 1.99. The van der Waals surface area contributed by atoms with Crippen molar-refractivity contribution in [2.75, 3.05) is 5.32 Å². The second-order valence-electron chi connectivity index (χ2n) is 3.93. The monoisotopic (exact) mass is 334 g/mol. The minimum Gasteiger partial charge on any atom is -0.433 e. The second-order valence-corrected chi connectivity index (χ2v) is 5.22. The molecule has 0 saturated heterocycles. The number of benzene rings is 1. The van der Waals surface area contributed by atoms with Gasteiger partial charge in [-0.2, -0.15) is 8.78 Å². The lowest BCUT2D eigenvalue weighted by Crippen LogP contribution is -2.03. The normalized spacial score (nSPS) is 10.7. The van der Waals surface area contributed by atoms with Crippen molar-refractivity contribution < 1.29 is 18.4 Å².